The van der Waals surface area contributed by atoms with Crippen molar-refractivity contribution in [3.63, 3.8) is 0 Å². The normalized spacial score (nSPS) is 15.0. The number of rotatable bonds is 5. The molecule has 1 atom stereocenters. The maximum absolute atomic E-state index is 12.6. The number of aromatic nitrogens is 1. The number of nitrogens with zero attached hydrogens (tertiary/aromatic N) is 3. The minimum absolute atomic E-state index is 0.331. The van der Waals surface area contributed by atoms with Crippen molar-refractivity contribution in [1.29, 1.82) is 0 Å². The molecule has 0 saturated carbocycles. The second kappa shape index (κ2) is 9.41. The minimum atomic E-state index is -0.590. The van der Waals surface area contributed by atoms with Crippen LogP contribution in [0.1, 0.15) is 31.0 Å². The van der Waals surface area contributed by atoms with E-state index >= 15 is 0 Å². The summed E-state index contributed by atoms with van der Waals surface area (Å²) in [6, 6.07) is 11.3. The first-order chi connectivity index (χ1) is 14.0. The molecule has 154 valence electrons. The maximum Gasteiger partial charge on any atom is 0.312 e. The number of nitrogens with one attached hydrogen (secondary N) is 1. The second-order valence-electron chi connectivity index (χ2n) is 7.14. The van der Waals surface area contributed by atoms with Crippen LogP contribution in [0.4, 0.5) is 5.82 Å². The van der Waals surface area contributed by atoms with Gasteiger partial charge in [0, 0.05) is 37.9 Å². The molecule has 1 N–H and O–H groups in total. The smallest absolute Gasteiger partial charge is 0.312 e. The van der Waals surface area contributed by atoms with E-state index in [1.54, 1.807) is 11.1 Å². The van der Waals surface area contributed by atoms with Crippen molar-refractivity contribution in [2.75, 3.05) is 37.7 Å². The van der Waals surface area contributed by atoms with Crippen LogP contribution in [0.2, 0.25) is 0 Å². The Labute approximate surface area is 171 Å². The number of carbonyl (C=O) groups excluding carboxylic acids is 2. The summed E-state index contributed by atoms with van der Waals surface area (Å²) in [4.78, 5) is 33.3. The van der Waals surface area contributed by atoms with Gasteiger partial charge in [0.05, 0.1) is 12.6 Å². The highest BCUT2D eigenvalue weighted by Crippen LogP contribution is 2.26. The molecule has 7 nitrogen and oxygen atoms in total. The Morgan fingerprint density at radius 3 is 2.59 bits per heavy atom. The lowest BCUT2D eigenvalue weighted by Gasteiger charge is -2.35. The van der Waals surface area contributed by atoms with Gasteiger partial charge in [-0.3, -0.25) is 9.59 Å². The number of hydrogen-bond acceptors (Lipinski definition) is 5. The molecule has 1 aliphatic rings. The monoisotopic (exact) mass is 396 g/mol. The average molecular weight is 396 g/mol. The standard InChI is InChI=1S/C22H28N4O3/c1-4-29-19-9-8-16(2)15-18(19)17(3)24-21(27)22(28)26-13-11-25(12-14-26)20-7-5-6-10-23-20/h5-10,15,17H,4,11-14H2,1-3H3,(H,24,27). The van der Waals surface area contributed by atoms with Crippen LogP contribution in [-0.4, -0.2) is 54.5 Å². The fraction of sp³-hybridized carbons (Fsp3) is 0.409. The molecule has 0 spiro atoms. The van der Waals surface area contributed by atoms with Crippen molar-refractivity contribution in [2.24, 2.45) is 0 Å². The van der Waals surface area contributed by atoms with E-state index in [1.165, 1.54) is 0 Å². The third-order valence-electron chi connectivity index (χ3n) is 5.01. The van der Waals surface area contributed by atoms with Crippen molar-refractivity contribution >= 4 is 17.6 Å². The zero-order valence-corrected chi connectivity index (χ0v) is 17.2. The molecule has 0 radical (unpaired) electrons. The summed E-state index contributed by atoms with van der Waals surface area (Å²) >= 11 is 0. The molecule has 1 unspecified atom stereocenters. The first-order valence-electron chi connectivity index (χ1n) is 9.98. The van der Waals surface area contributed by atoms with Gasteiger partial charge >= 0.3 is 11.8 Å². The summed E-state index contributed by atoms with van der Waals surface area (Å²) in [5, 5.41) is 2.83. The summed E-state index contributed by atoms with van der Waals surface area (Å²) in [7, 11) is 0. The van der Waals surface area contributed by atoms with E-state index in [0.29, 0.717) is 32.8 Å². The quantitative estimate of drug-likeness (QED) is 0.785. The molecule has 1 aliphatic heterocycles. The number of ether oxygens (including phenoxy) is 1. The summed E-state index contributed by atoms with van der Waals surface area (Å²) in [6.07, 6.45) is 1.75. The van der Waals surface area contributed by atoms with E-state index in [1.807, 2.05) is 57.2 Å². The third-order valence-corrected chi connectivity index (χ3v) is 5.01. The topological polar surface area (TPSA) is 74.8 Å². The lowest BCUT2D eigenvalue weighted by atomic mass is 10.0. The van der Waals surface area contributed by atoms with Crippen LogP contribution < -0.4 is 15.0 Å². The number of aryl methyl sites for hydroxylation is 1. The van der Waals surface area contributed by atoms with Gasteiger partial charge in [0.1, 0.15) is 11.6 Å². The van der Waals surface area contributed by atoms with Gasteiger partial charge in [-0.2, -0.15) is 0 Å². The summed E-state index contributed by atoms with van der Waals surface area (Å²) in [5.41, 5.74) is 1.94. The zero-order valence-electron chi connectivity index (χ0n) is 17.2. The van der Waals surface area contributed by atoms with Gasteiger partial charge < -0.3 is 19.9 Å². The summed E-state index contributed by atoms with van der Waals surface area (Å²) < 4.78 is 5.67. The van der Waals surface area contributed by atoms with Crippen LogP contribution in [0.25, 0.3) is 0 Å². The van der Waals surface area contributed by atoms with Crippen LogP contribution in [0.5, 0.6) is 5.75 Å². The van der Waals surface area contributed by atoms with Crippen LogP contribution in [-0.2, 0) is 9.59 Å². The first-order valence-corrected chi connectivity index (χ1v) is 9.98. The van der Waals surface area contributed by atoms with Crippen LogP contribution >= 0.6 is 0 Å². The Balaban J connectivity index is 1.58. The third kappa shape index (κ3) is 5.04. The number of carbonyl (C=O) groups is 2. The Morgan fingerprint density at radius 2 is 1.93 bits per heavy atom. The fourth-order valence-corrected chi connectivity index (χ4v) is 3.45. The maximum atomic E-state index is 12.6. The van der Waals surface area contributed by atoms with Crippen LogP contribution in [0, 0.1) is 6.92 Å². The number of anilines is 1. The van der Waals surface area contributed by atoms with Crippen molar-refractivity contribution < 1.29 is 14.3 Å². The highest BCUT2D eigenvalue weighted by atomic mass is 16.5. The molecule has 0 bridgehead atoms. The van der Waals surface area contributed by atoms with E-state index in [0.717, 1.165) is 22.7 Å². The Bertz CT molecular complexity index is 848. The van der Waals surface area contributed by atoms with Gasteiger partial charge in [0.2, 0.25) is 0 Å². The van der Waals surface area contributed by atoms with Crippen molar-refractivity contribution in [3.8, 4) is 5.75 Å². The molecule has 1 aromatic heterocycles. The lowest BCUT2D eigenvalue weighted by molar-refractivity contribution is -0.146. The number of hydrogen-bond donors (Lipinski definition) is 1. The molecule has 2 heterocycles. The summed E-state index contributed by atoms with van der Waals surface area (Å²) in [5.74, 6) is 0.527. The number of piperazine rings is 1. The van der Waals surface area contributed by atoms with E-state index < -0.39 is 11.8 Å². The molecule has 2 aromatic rings. The molecule has 7 heteroatoms. The molecule has 2 amide bonds. The molecule has 3 rings (SSSR count). The second-order valence-corrected chi connectivity index (χ2v) is 7.14. The minimum Gasteiger partial charge on any atom is -0.494 e. The van der Waals surface area contributed by atoms with Gasteiger partial charge in [0.25, 0.3) is 0 Å². The zero-order chi connectivity index (χ0) is 20.8. The van der Waals surface area contributed by atoms with E-state index in [9.17, 15) is 9.59 Å². The largest absolute Gasteiger partial charge is 0.494 e. The molecule has 1 fully saturated rings. The number of benzene rings is 1. The number of amides is 2. The molecular formula is C22H28N4O3. The van der Waals surface area contributed by atoms with E-state index in [-0.39, 0.29) is 6.04 Å². The number of pyridine rings is 1. The van der Waals surface area contributed by atoms with Crippen LogP contribution in [0.3, 0.4) is 0 Å². The first kappa shape index (κ1) is 20.6. The lowest BCUT2D eigenvalue weighted by Crippen LogP contribution is -2.53. The van der Waals surface area contributed by atoms with E-state index in [2.05, 4.69) is 15.2 Å². The molecule has 0 aliphatic carbocycles. The van der Waals surface area contributed by atoms with Gasteiger partial charge in [-0.25, -0.2) is 4.98 Å². The Kier molecular flexibility index (Phi) is 6.69. The van der Waals surface area contributed by atoms with Gasteiger partial charge in [-0.15, -0.1) is 0 Å². The van der Waals surface area contributed by atoms with Gasteiger partial charge in [0.15, 0.2) is 0 Å². The van der Waals surface area contributed by atoms with Gasteiger partial charge in [-0.05, 0) is 39.0 Å². The SMILES string of the molecule is CCOc1ccc(C)cc1C(C)NC(=O)C(=O)N1CCN(c2ccccn2)CC1. The highest BCUT2D eigenvalue weighted by molar-refractivity contribution is 6.35. The average Bonchev–Trinajstić information content (AvgIpc) is 2.75. The molecule has 1 aromatic carbocycles. The molecular weight excluding hydrogens is 368 g/mol. The molecule has 1 saturated heterocycles. The Morgan fingerprint density at radius 1 is 1.17 bits per heavy atom. The van der Waals surface area contributed by atoms with E-state index in [4.69, 9.17) is 4.74 Å². The predicted molar refractivity (Wildman–Crippen MR) is 112 cm³/mol. The fourth-order valence-electron chi connectivity index (χ4n) is 3.45. The summed E-state index contributed by atoms with van der Waals surface area (Å²) in [6.45, 7) is 8.59. The van der Waals surface area contributed by atoms with Crippen molar-refractivity contribution in [1.82, 2.24) is 15.2 Å². The van der Waals surface area contributed by atoms with Crippen molar-refractivity contribution in [3.05, 3.63) is 53.7 Å². The van der Waals surface area contributed by atoms with Crippen LogP contribution in [0.15, 0.2) is 42.6 Å². The molecule has 29 heavy (non-hydrogen) atoms. The predicted octanol–water partition coefficient (Wildman–Crippen LogP) is 2.31. The highest BCUT2D eigenvalue weighted by Gasteiger charge is 2.28. The van der Waals surface area contributed by atoms with Gasteiger partial charge in [-0.1, -0.05) is 23.8 Å². The Hall–Kier alpha value is -3.09. The van der Waals surface area contributed by atoms with Crippen molar-refractivity contribution in [2.45, 2.75) is 26.8 Å².